The Morgan fingerprint density at radius 2 is 0.824 bits per heavy atom. The Morgan fingerprint density at radius 3 is 1.24 bits per heavy atom. The van der Waals surface area contributed by atoms with Crippen LogP contribution in [-0.2, 0) is 32.7 Å². The molecule has 0 amide bonds. The summed E-state index contributed by atoms with van der Waals surface area (Å²) in [5.41, 5.74) is 0. The lowest BCUT2D eigenvalue weighted by molar-refractivity contribution is -0.870. The lowest BCUT2D eigenvalue weighted by Gasteiger charge is -2.24. The van der Waals surface area contributed by atoms with Crippen molar-refractivity contribution in [3.8, 4) is 0 Å². The molecule has 400 valence electrons. The second-order valence-electron chi connectivity index (χ2n) is 20.7. The minimum atomic E-state index is -4.38. The predicted octanol–water partition coefficient (Wildman–Crippen LogP) is 17.6. The second-order valence-corrected chi connectivity index (χ2v) is 22.1. The number of allylic oxidation sites excluding steroid dienone is 6. The molecule has 0 saturated carbocycles. The molecular weight excluding hydrogens is 870 g/mol. The first kappa shape index (κ1) is 66.2. The van der Waals surface area contributed by atoms with Crippen LogP contribution < -0.4 is 0 Å². The fourth-order valence-electron chi connectivity index (χ4n) is 8.17. The van der Waals surface area contributed by atoms with Gasteiger partial charge >= 0.3 is 19.8 Å². The number of hydrogen-bond acceptors (Lipinski definition) is 7. The largest absolute Gasteiger partial charge is 0.472 e. The summed E-state index contributed by atoms with van der Waals surface area (Å²) in [5, 5.41) is 0. The molecule has 68 heavy (non-hydrogen) atoms. The maximum absolute atomic E-state index is 12.7. The number of phosphoric acid groups is 1. The molecule has 0 aliphatic heterocycles. The molecule has 0 heterocycles. The summed E-state index contributed by atoms with van der Waals surface area (Å²) < 4.78 is 34.5. The van der Waals surface area contributed by atoms with Crippen LogP contribution >= 0.6 is 7.82 Å². The molecule has 0 spiro atoms. The molecule has 0 aliphatic carbocycles. The van der Waals surface area contributed by atoms with E-state index in [-0.39, 0.29) is 32.0 Å². The third kappa shape index (κ3) is 53.6. The number of rotatable bonds is 53. The highest BCUT2D eigenvalue weighted by Gasteiger charge is 2.27. The topological polar surface area (TPSA) is 108 Å². The minimum absolute atomic E-state index is 0.0299. The van der Waals surface area contributed by atoms with Crippen LogP contribution in [0.1, 0.15) is 271 Å². The smallest absolute Gasteiger partial charge is 0.462 e. The van der Waals surface area contributed by atoms with Gasteiger partial charge in [0.25, 0.3) is 0 Å². The number of hydrogen-bond donors (Lipinski definition) is 1. The molecule has 0 aromatic carbocycles. The molecule has 0 radical (unpaired) electrons. The van der Waals surface area contributed by atoms with E-state index in [4.69, 9.17) is 18.5 Å². The first-order valence-electron chi connectivity index (χ1n) is 28.7. The van der Waals surface area contributed by atoms with Crippen LogP contribution in [0.25, 0.3) is 0 Å². The fraction of sp³-hybridized carbons (Fsp3) is 0.862. The number of carbonyl (C=O) groups is 2. The van der Waals surface area contributed by atoms with Gasteiger partial charge in [0.15, 0.2) is 6.10 Å². The molecule has 0 aliphatic rings. The standard InChI is InChI=1S/C58H110NO8P/c1-6-8-10-12-14-16-18-20-21-22-23-24-25-26-27-28-29-30-31-32-33-34-35-36-37-39-40-42-44-46-48-50-57(60)64-54-56(55-66-68(62,63)65-53-52-59(3,4)5)67-58(61)51-49-47-45-43-41-38-19-17-15-13-11-9-7-2/h11,13,17,19,22-23,56H,6-10,12,14-16,18,20-21,24-55H2,1-5H3/p+1/b13-11-,19-17-,23-22-. The lowest BCUT2D eigenvalue weighted by Crippen LogP contribution is -2.37. The van der Waals surface area contributed by atoms with Crippen LogP contribution in [0.4, 0.5) is 0 Å². The van der Waals surface area contributed by atoms with Gasteiger partial charge in [-0.2, -0.15) is 0 Å². The van der Waals surface area contributed by atoms with Gasteiger partial charge in [0.2, 0.25) is 0 Å². The van der Waals surface area contributed by atoms with Gasteiger partial charge in [-0.15, -0.1) is 0 Å². The Labute approximate surface area is 421 Å². The molecule has 2 unspecified atom stereocenters. The number of carbonyl (C=O) groups excluding carboxylic acids is 2. The Morgan fingerprint density at radius 1 is 0.456 bits per heavy atom. The van der Waals surface area contributed by atoms with E-state index in [2.05, 4.69) is 50.3 Å². The number of quaternary nitrogens is 1. The van der Waals surface area contributed by atoms with Crippen molar-refractivity contribution in [3.05, 3.63) is 36.5 Å². The summed E-state index contributed by atoms with van der Waals surface area (Å²) >= 11 is 0. The maximum atomic E-state index is 12.7. The average molecular weight is 981 g/mol. The summed E-state index contributed by atoms with van der Waals surface area (Å²) in [4.78, 5) is 35.5. The van der Waals surface area contributed by atoms with Crippen LogP contribution in [-0.4, -0.2) is 74.9 Å². The SMILES string of the molecule is CCC/C=C\C/C=C\CCCCCCCC(=O)OC(COC(=O)CCCCCCCCCCCCCCCCCCCCC/C=C\CCCCCCCCCC)COP(=O)(O)OCC[N+](C)(C)C. The molecule has 0 aromatic rings. The Bertz CT molecular complexity index is 1250. The van der Waals surface area contributed by atoms with E-state index in [0.29, 0.717) is 17.4 Å². The lowest BCUT2D eigenvalue weighted by atomic mass is 10.0. The molecule has 10 heteroatoms. The van der Waals surface area contributed by atoms with Crippen molar-refractivity contribution in [3.63, 3.8) is 0 Å². The number of ether oxygens (including phenoxy) is 2. The van der Waals surface area contributed by atoms with E-state index in [1.54, 1.807) is 0 Å². The molecule has 9 nitrogen and oxygen atoms in total. The third-order valence-corrected chi connectivity index (χ3v) is 13.6. The summed E-state index contributed by atoms with van der Waals surface area (Å²) in [6, 6.07) is 0. The number of esters is 2. The Hall–Kier alpha value is -1.77. The maximum Gasteiger partial charge on any atom is 0.472 e. The highest BCUT2D eigenvalue weighted by atomic mass is 31.2. The van der Waals surface area contributed by atoms with Gasteiger partial charge in [-0.3, -0.25) is 18.6 Å². The third-order valence-electron chi connectivity index (χ3n) is 12.6. The van der Waals surface area contributed by atoms with Crippen molar-refractivity contribution < 1.29 is 42.1 Å². The summed E-state index contributed by atoms with van der Waals surface area (Å²) in [5.74, 6) is -0.805. The monoisotopic (exact) mass is 981 g/mol. The zero-order chi connectivity index (χ0) is 49.9. The van der Waals surface area contributed by atoms with Crippen molar-refractivity contribution in [1.29, 1.82) is 0 Å². The van der Waals surface area contributed by atoms with E-state index in [0.717, 1.165) is 64.2 Å². The van der Waals surface area contributed by atoms with E-state index >= 15 is 0 Å². The van der Waals surface area contributed by atoms with E-state index < -0.39 is 26.5 Å². The molecule has 1 N–H and O–H groups in total. The zero-order valence-electron chi connectivity index (χ0n) is 45.4. The number of nitrogens with zero attached hydrogens (tertiary/aromatic N) is 1. The number of unbranched alkanes of at least 4 members (excludes halogenated alkanes) is 33. The molecular formula is C58H111NO8P+. The molecule has 0 fully saturated rings. The van der Waals surface area contributed by atoms with Crippen molar-refractivity contribution in [2.24, 2.45) is 0 Å². The highest BCUT2D eigenvalue weighted by Crippen LogP contribution is 2.43. The van der Waals surface area contributed by atoms with E-state index in [9.17, 15) is 19.0 Å². The van der Waals surface area contributed by atoms with Gasteiger partial charge in [0.1, 0.15) is 19.8 Å². The summed E-state index contributed by atoms with van der Waals surface area (Å²) in [6.45, 7) is 4.38. The molecule has 2 atom stereocenters. The van der Waals surface area contributed by atoms with Crippen molar-refractivity contribution in [2.45, 2.75) is 277 Å². The van der Waals surface area contributed by atoms with Crippen LogP contribution in [0, 0.1) is 0 Å². The first-order valence-corrected chi connectivity index (χ1v) is 30.2. The highest BCUT2D eigenvalue weighted by molar-refractivity contribution is 7.47. The number of likely N-dealkylation sites (N-methyl/N-ethyl adjacent to an activating group) is 1. The number of phosphoric ester groups is 1. The van der Waals surface area contributed by atoms with Crippen molar-refractivity contribution >= 4 is 19.8 Å². The summed E-state index contributed by atoms with van der Waals surface area (Å²) in [6.07, 6.45) is 60.9. The zero-order valence-corrected chi connectivity index (χ0v) is 46.2. The van der Waals surface area contributed by atoms with Crippen LogP contribution in [0.3, 0.4) is 0 Å². The van der Waals surface area contributed by atoms with Gasteiger partial charge in [0.05, 0.1) is 27.7 Å². The minimum Gasteiger partial charge on any atom is -0.462 e. The summed E-state index contributed by atoms with van der Waals surface area (Å²) in [7, 11) is 1.47. The molecule has 0 aromatic heterocycles. The Balaban J connectivity index is 3.99. The van der Waals surface area contributed by atoms with Gasteiger partial charge in [-0.25, -0.2) is 4.57 Å². The molecule has 0 rings (SSSR count). The van der Waals surface area contributed by atoms with Crippen LogP contribution in [0.5, 0.6) is 0 Å². The van der Waals surface area contributed by atoms with Crippen LogP contribution in [0.15, 0.2) is 36.5 Å². The van der Waals surface area contributed by atoms with Gasteiger partial charge in [-0.05, 0) is 64.2 Å². The fourth-order valence-corrected chi connectivity index (χ4v) is 8.91. The van der Waals surface area contributed by atoms with Gasteiger partial charge < -0.3 is 18.9 Å². The Kier molecular flexibility index (Phi) is 48.9. The first-order chi connectivity index (χ1) is 33.0. The van der Waals surface area contributed by atoms with Crippen molar-refractivity contribution in [2.75, 3.05) is 47.5 Å². The van der Waals surface area contributed by atoms with E-state index in [1.165, 1.54) is 173 Å². The molecule has 0 bridgehead atoms. The van der Waals surface area contributed by atoms with Gasteiger partial charge in [0, 0.05) is 12.8 Å². The molecule has 0 saturated heterocycles. The van der Waals surface area contributed by atoms with E-state index in [1.807, 2.05) is 21.1 Å². The normalized spacial score (nSPS) is 13.6. The van der Waals surface area contributed by atoms with Crippen molar-refractivity contribution in [1.82, 2.24) is 0 Å². The second kappa shape index (κ2) is 50.2. The average Bonchev–Trinajstić information content (AvgIpc) is 3.30. The quantitative estimate of drug-likeness (QED) is 0.0211. The predicted molar refractivity (Wildman–Crippen MR) is 289 cm³/mol. The van der Waals surface area contributed by atoms with Crippen LogP contribution in [0.2, 0.25) is 0 Å². The van der Waals surface area contributed by atoms with Gasteiger partial charge in [-0.1, -0.05) is 230 Å².